The van der Waals surface area contributed by atoms with Crippen LogP contribution in [0.4, 0.5) is 0 Å². The van der Waals surface area contributed by atoms with E-state index in [2.05, 4.69) is 27.3 Å². The zero-order valence-electron chi connectivity index (χ0n) is 11.7. The minimum atomic E-state index is 0.144. The van der Waals surface area contributed by atoms with Crippen LogP contribution in [0.25, 0.3) is 0 Å². The Morgan fingerprint density at radius 1 is 1.11 bits per heavy atom. The van der Waals surface area contributed by atoms with Crippen LogP contribution in [0.1, 0.15) is 32.1 Å². The van der Waals surface area contributed by atoms with Gasteiger partial charge in [0.2, 0.25) is 5.91 Å². The van der Waals surface area contributed by atoms with Crippen molar-refractivity contribution in [2.24, 2.45) is 0 Å². The molecule has 1 aliphatic carbocycles. The molecule has 1 amide bonds. The standard InChI is InChI=1S/C15H25N3O/c19-15(17-11-8-16-9-12-17)14-7-4-10-18(14)13-5-2-1-3-6-13/h2,5,13-14,16H,1,3-4,6-12H2. The van der Waals surface area contributed by atoms with E-state index >= 15 is 0 Å². The number of piperazine rings is 1. The first-order chi connectivity index (χ1) is 9.36. The fourth-order valence-electron chi connectivity index (χ4n) is 3.62. The molecule has 2 heterocycles. The van der Waals surface area contributed by atoms with E-state index in [0.29, 0.717) is 11.9 Å². The van der Waals surface area contributed by atoms with Crippen LogP contribution >= 0.6 is 0 Å². The molecule has 4 nitrogen and oxygen atoms in total. The van der Waals surface area contributed by atoms with Crippen LogP contribution in [0.3, 0.4) is 0 Å². The molecule has 2 saturated heterocycles. The molecule has 3 rings (SSSR count). The fourth-order valence-corrected chi connectivity index (χ4v) is 3.62. The Hall–Kier alpha value is -0.870. The van der Waals surface area contributed by atoms with Gasteiger partial charge in [0.1, 0.15) is 0 Å². The van der Waals surface area contributed by atoms with Crippen LogP contribution in [-0.4, -0.2) is 60.5 Å². The number of allylic oxidation sites excluding steroid dienone is 1. The molecule has 0 saturated carbocycles. The molecular weight excluding hydrogens is 238 g/mol. The molecule has 0 aromatic rings. The van der Waals surface area contributed by atoms with Crippen LogP contribution in [0.5, 0.6) is 0 Å². The Bertz CT molecular complexity index is 349. The monoisotopic (exact) mass is 263 g/mol. The number of likely N-dealkylation sites (tertiary alicyclic amines) is 1. The van der Waals surface area contributed by atoms with Crippen molar-refractivity contribution in [1.29, 1.82) is 0 Å². The lowest BCUT2D eigenvalue weighted by atomic mass is 10.0. The maximum Gasteiger partial charge on any atom is 0.240 e. The number of hydrogen-bond donors (Lipinski definition) is 1. The Balaban J connectivity index is 1.66. The van der Waals surface area contributed by atoms with E-state index in [1.807, 2.05) is 0 Å². The Kier molecular flexibility index (Phi) is 4.18. The number of carbonyl (C=O) groups is 1. The molecule has 0 spiro atoms. The van der Waals surface area contributed by atoms with Gasteiger partial charge in [-0.1, -0.05) is 12.2 Å². The van der Waals surface area contributed by atoms with Crippen molar-refractivity contribution in [2.75, 3.05) is 32.7 Å². The van der Waals surface area contributed by atoms with Gasteiger partial charge in [0.05, 0.1) is 6.04 Å². The summed E-state index contributed by atoms with van der Waals surface area (Å²) in [6.07, 6.45) is 10.5. The van der Waals surface area contributed by atoms with Crippen molar-refractivity contribution < 1.29 is 4.79 Å². The van der Waals surface area contributed by atoms with Gasteiger partial charge >= 0.3 is 0 Å². The summed E-state index contributed by atoms with van der Waals surface area (Å²) in [4.78, 5) is 17.2. The second-order valence-electron chi connectivity index (χ2n) is 5.90. The molecule has 1 N–H and O–H groups in total. The van der Waals surface area contributed by atoms with Crippen molar-refractivity contribution in [2.45, 2.75) is 44.2 Å². The van der Waals surface area contributed by atoms with E-state index in [4.69, 9.17) is 0 Å². The number of nitrogens with one attached hydrogen (secondary N) is 1. The summed E-state index contributed by atoms with van der Waals surface area (Å²) >= 11 is 0. The van der Waals surface area contributed by atoms with E-state index in [1.165, 1.54) is 25.7 Å². The van der Waals surface area contributed by atoms with E-state index < -0.39 is 0 Å². The van der Waals surface area contributed by atoms with Gasteiger partial charge < -0.3 is 10.2 Å². The fraction of sp³-hybridized carbons (Fsp3) is 0.800. The van der Waals surface area contributed by atoms with E-state index in [-0.39, 0.29) is 6.04 Å². The second kappa shape index (κ2) is 6.06. The number of amides is 1. The number of nitrogens with zero attached hydrogens (tertiary/aromatic N) is 2. The van der Waals surface area contributed by atoms with Gasteiger partial charge in [-0.2, -0.15) is 0 Å². The van der Waals surface area contributed by atoms with Gasteiger partial charge in [0.25, 0.3) is 0 Å². The highest BCUT2D eigenvalue weighted by Gasteiger charge is 2.37. The Labute approximate surface area is 115 Å². The molecule has 0 aromatic carbocycles. The van der Waals surface area contributed by atoms with Gasteiger partial charge in [-0.3, -0.25) is 9.69 Å². The van der Waals surface area contributed by atoms with Gasteiger partial charge in [-0.05, 0) is 38.6 Å². The summed E-state index contributed by atoms with van der Waals surface area (Å²) in [6, 6.07) is 0.652. The van der Waals surface area contributed by atoms with Gasteiger partial charge in [0.15, 0.2) is 0 Å². The second-order valence-corrected chi connectivity index (χ2v) is 5.90. The van der Waals surface area contributed by atoms with Crippen LogP contribution in [0.2, 0.25) is 0 Å². The maximum atomic E-state index is 12.7. The average Bonchev–Trinajstić information content (AvgIpc) is 2.98. The summed E-state index contributed by atoms with van der Waals surface area (Å²) < 4.78 is 0. The predicted molar refractivity (Wildman–Crippen MR) is 76.0 cm³/mol. The normalized spacial score (nSPS) is 32.7. The maximum absolute atomic E-state index is 12.7. The highest BCUT2D eigenvalue weighted by molar-refractivity contribution is 5.82. The molecule has 2 aliphatic heterocycles. The van der Waals surface area contributed by atoms with E-state index in [0.717, 1.165) is 39.1 Å². The lowest BCUT2D eigenvalue weighted by molar-refractivity contribution is -0.137. The zero-order chi connectivity index (χ0) is 13.1. The van der Waals surface area contributed by atoms with E-state index in [1.54, 1.807) is 0 Å². The van der Waals surface area contributed by atoms with Crippen molar-refractivity contribution in [3.8, 4) is 0 Å². The molecule has 2 fully saturated rings. The molecule has 3 aliphatic rings. The van der Waals surface area contributed by atoms with Gasteiger partial charge in [-0.25, -0.2) is 0 Å². The minimum Gasteiger partial charge on any atom is -0.339 e. The average molecular weight is 263 g/mol. The first-order valence-corrected chi connectivity index (χ1v) is 7.78. The third-order valence-electron chi connectivity index (χ3n) is 4.66. The zero-order valence-corrected chi connectivity index (χ0v) is 11.7. The summed E-state index contributed by atoms with van der Waals surface area (Å²) in [5, 5.41) is 3.32. The predicted octanol–water partition coefficient (Wildman–Crippen LogP) is 0.991. The summed E-state index contributed by atoms with van der Waals surface area (Å²) in [5.41, 5.74) is 0. The third-order valence-corrected chi connectivity index (χ3v) is 4.66. The molecule has 106 valence electrons. The van der Waals surface area contributed by atoms with Crippen LogP contribution < -0.4 is 5.32 Å². The number of rotatable bonds is 2. The molecule has 0 radical (unpaired) electrons. The molecule has 19 heavy (non-hydrogen) atoms. The van der Waals surface area contributed by atoms with Crippen molar-refractivity contribution in [1.82, 2.24) is 15.1 Å². The summed E-state index contributed by atoms with van der Waals surface area (Å²) in [7, 11) is 0. The van der Waals surface area contributed by atoms with Crippen molar-refractivity contribution >= 4 is 5.91 Å². The first-order valence-electron chi connectivity index (χ1n) is 7.78. The molecule has 2 unspecified atom stereocenters. The lowest BCUT2D eigenvalue weighted by Gasteiger charge is -2.36. The van der Waals surface area contributed by atoms with Crippen molar-refractivity contribution in [3.05, 3.63) is 12.2 Å². The Morgan fingerprint density at radius 2 is 1.95 bits per heavy atom. The van der Waals surface area contributed by atoms with Crippen LogP contribution in [0, 0.1) is 0 Å². The summed E-state index contributed by atoms with van der Waals surface area (Å²) in [5.74, 6) is 0.373. The summed E-state index contributed by atoms with van der Waals surface area (Å²) in [6.45, 7) is 4.74. The largest absolute Gasteiger partial charge is 0.339 e. The number of hydrogen-bond acceptors (Lipinski definition) is 3. The Morgan fingerprint density at radius 3 is 2.68 bits per heavy atom. The molecule has 2 atom stereocenters. The molecule has 0 aromatic heterocycles. The molecule has 0 bridgehead atoms. The molecule has 4 heteroatoms. The van der Waals surface area contributed by atoms with Gasteiger partial charge in [0, 0.05) is 32.2 Å². The molecular formula is C15H25N3O. The van der Waals surface area contributed by atoms with Crippen molar-refractivity contribution in [3.63, 3.8) is 0 Å². The smallest absolute Gasteiger partial charge is 0.240 e. The quantitative estimate of drug-likeness (QED) is 0.755. The minimum absolute atomic E-state index is 0.144. The topological polar surface area (TPSA) is 35.6 Å². The SMILES string of the molecule is O=C(C1CCCN1C1C=CCCC1)N1CCNCC1. The first kappa shape index (κ1) is 13.1. The highest BCUT2D eigenvalue weighted by Crippen LogP contribution is 2.27. The third kappa shape index (κ3) is 2.84. The van der Waals surface area contributed by atoms with Crippen LogP contribution in [0.15, 0.2) is 12.2 Å². The highest BCUT2D eigenvalue weighted by atomic mass is 16.2. The lowest BCUT2D eigenvalue weighted by Crippen LogP contribution is -2.54. The number of carbonyl (C=O) groups excluding carboxylic acids is 1. The van der Waals surface area contributed by atoms with Gasteiger partial charge in [-0.15, -0.1) is 0 Å². The van der Waals surface area contributed by atoms with E-state index in [9.17, 15) is 4.79 Å². The van der Waals surface area contributed by atoms with Crippen LogP contribution in [-0.2, 0) is 4.79 Å².